The Kier molecular flexibility index (Phi) is 10.7. The van der Waals surface area contributed by atoms with E-state index in [0.717, 1.165) is 0 Å². The molecule has 1 nitrogen and oxygen atoms in total. The van der Waals surface area contributed by atoms with Gasteiger partial charge in [-0.3, -0.25) is 0 Å². The van der Waals surface area contributed by atoms with Crippen LogP contribution >= 0.6 is 0 Å². The van der Waals surface area contributed by atoms with Gasteiger partial charge in [0.25, 0.3) is 0 Å². The Morgan fingerprint density at radius 1 is 0.258 bits per heavy atom. The second-order valence-electron chi connectivity index (χ2n) is 17.8. The average molecular weight is 878 g/mol. The van der Waals surface area contributed by atoms with Crippen LogP contribution < -0.4 is 41.5 Å². The summed E-state index contributed by atoms with van der Waals surface area (Å²) in [5, 5.41) is 13.6. The average Bonchev–Trinajstić information content (AvgIpc) is 3.71. The van der Waals surface area contributed by atoms with Gasteiger partial charge in [0.05, 0.1) is 11.0 Å². The molecule has 0 aliphatic rings. The molecular weight excluding hydrogens is 827 g/mol. The van der Waals surface area contributed by atoms with Crippen molar-refractivity contribution >= 4 is 79.4 Å². The van der Waals surface area contributed by atoms with Crippen LogP contribution in [0.25, 0.3) is 38.6 Å². The van der Waals surface area contributed by atoms with E-state index in [4.69, 9.17) is 0 Å². The lowest BCUT2D eigenvalue weighted by Gasteiger charge is -2.35. The molecule has 316 valence electrons. The number of rotatable bonds is 10. The second kappa shape index (κ2) is 17.1. The lowest BCUT2D eigenvalue weighted by Crippen LogP contribution is -2.74. The van der Waals surface area contributed by atoms with Gasteiger partial charge in [-0.05, 0) is 108 Å². The highest BCUT2D eigenvalue weighted by atomic mass is 28.3. The van der Waals surface area contributed by atoms with Crippen LogP contribution in [0.4, 0.5) is 0 Å². The Labute approximate surface area is 391 Å². The Morgan fingerprint density at radius 2 is 0.545 bits per heavy atom. The minimum absolute atomic E-state index is 1.21. The van der Waals surface area contributed by atoms with Gasteiger partial charge >= 0.3 is 0 Å². The SMILES string of the molecule is Cc1cc([Si](c2ccccc2)(c2ccccc2)c2ccccc2)ccc1-c1ccc([Si](c2ccccc2)(c2ccccc2)c2ccc(-n3c4ccccc4c4ccccc43)c(C)c2)cc1C. The Hall–Kier alpha value is -7.57. The van der Waals surface area contributed by atoms with Crippen LogP contribution in [0.5, 0.6) is 0 Å². The van der Waals surface area contributed by atoms with E-state index in [1.165, 1.54) is 96.8 Å². The van der Waals surface area contributed by atoms with Crippen LogP contribution in [0.3, 0.4) is 0 Å². The number of hydrogen-bond acceptors (Lipinski definition) is 0. The van der Waals surface area contributed by atoms with Gasteiger partial charge in [0.15, 0.2) is 16.1 Å². The van der Waals surface area contributed by atoms with Gasteiger partial charge in [-0.1, -0.05) is 237 Å². The van der Waals surface area contributed by atoms with Crippen LogP contribution in [-0.4, -0.2) is 20.7 Å². The molecule has 0 N–H and O–H groups in total. The predicted molar refractivity (Wildman–Crippen MR) is 288 cm³/mol. The summed E-state index contributed by atoms with van der Waals surface area (Å²) in [6, 6.07) is 95.9. The largest absolute Gasteiger partial charge is 0.309 e. The van der Waals surface area contributed by atoms with Gasteiger partial charge in [0.2, 0.25) is 0 Å². The fourth-order valence-corrected chi connectivity index (χ4v) is 20.9. The molecule has 0 radical (unpaired) electrons. The van der Waals surface area contributed by atoms with Crippen LogP contribution in [0.2, 0.25) is 0 Å². The van der Waals surface area contributed by atoms with E-state index in [9.17, 15) is 0 Å². The van der Waals surface area contributed by atoms with Gasteiger partial charge in [-0.15, -0.1) is 0 Å². The molecule has 0 saturated carbocycles. The number of aromatic nitrogens is 1. The van der Waals surface area contributed by atoms with Crippen molar-refractivity contribution in [3.05, 3.63) is 271 Å². The monoisotopic (exact) mass is 877 g/mol. The lowest BCUT2D eigenvalue weighted by atomic mass is 9.97. The van der Waals surface area contributed by atoms with Crippen LogP contribution in [0, 0.1) is 20.8 Å². The second-order valence-corrected chi connectivity index (χ2v) is 25.4. The smallest absolute Gasteiger partial charge is 0.179 e. The Balaban J connectivity index is 1.08. The number of para-hydroxylation sites is 2. The summed E-state index contributed by atoms with van der Waals surface area (Å²) in [7, 11) is -5.53. The van der Waals surface area contributed by atoms with Crippen LogP contribution in [-0.2, 0) is 0 Å². The van der Waals surface area contributed by atoms with Crippen LogP contribution in [0.1, 0.15) is 16.7 Å². The fourth-order valence-electron chi connectivity index (χ4n) is 11.2. The number of fused-ring (bicyclic) bond motifs is 3. The molecule has 66 heavy (non-hydrogen) atoms. The molecule has 11 aromatic rings. The van der Waals surface area contributed by atoms with Gasteiger partial charge < -0.3 is 4.57 Å². The van der Waals surface area contributed by atoms with E-state index in [0.29, 0.717) is 0 Å². The molecule has 3 heteroatoms. The third kappa shape index (κ3) is 6.65. The maximum Gasteiger partial charge on any atom is 0.179 e. The van der Waals surface area contributed by atoms with Crippen molar-refractivity contribution in [2.75, 3.05) is 0 Å². The van der Waals surface area contributed by atoms with Crippen molar-refractivity contribution in [1.29, 1.82) is 0 Å². The summed E-state index contributed by atoms with van der Waals surface area (Å²) in [5.74, 6) is 0. The zero-order valence-electron chi connectivity index (χ0n) is 37.7. The zero-order chi connectivity index (χ0) is 44.7. The maximum absolute atomic E-state index is 2.87. The fraction of sp³-hybridized carbons (Fsp3) is 0.0476. The van der Waals surface area contributed by atoms with Crippen molar-refractivity contribution in [2.45, 2.75) is 20.8 Å². The topological polar surface area (TPSA) is 4.93 Å². The normalized spacial score (nSPS) is 11.9. The van der Waals surface area contributed by atoms with Crippen molar-refractivity contribution in [1.82, 2.24) is 4.57 Å². The Bertz CT molecular complexity index is 3300. The molecule has 0 saturated heterocycles. The van der Waals surface area contributed by atoms with Crippen molar-refractivity contribution < 1.29 is 0 Å². The molecule has 0 aliphatic heterocycles. The number of benzene rings is 10. The first-order valence-corrected chi connectivity index (χ1v) is 27.1. The summed E-state index contributed by atoms with van der Waals surface area (Å²) in [6.07, 6.45) is 0. The first kappa shape index (κ1) is 41.2. The van der Waals surface area contributed by atoms with Crippen LogP contribution in [0.15, 0.2) is 255 Å². The van der Waals surface area contributed by atoms with Gasteiger partial charge in [0.1, 0.15) is 0 Å². The summed E-state index contributed by atoms with van der Waals surface area (Å²) in [5.41, 5.74) is 10.0. The number of aryl methyl sites for hydroxylation is 3. The van der Waals surface area contributed by atoms with Gasteiger partial charge in [0, 0.05) is 16.5 Å². The molecular formula is C63H51NSi2. The molecule has 0 spiro atoms. The molecule has 0 aliphatic carbocycles. The standard InChI is InChI=1S/C63H51NSi2/c1-46-43-54(65(49-23-9-4-10-24-49,50-25-11-5-12-26-50)51-27-13-6-14-28-51)37-40-57(46)58-41-38-55(44-47(58)2)66(52-29-15-7-16-30-52,53-31-17-8-18-32-53)56-39-42-61(48(3)45-56)64-62-35-21-19-33-59(62)60-34-20-22-36-63(60)64/h4-45H,1-3H3. The molecule has 0 atom stereocenters. The summed E-state index contributed by atoms with van der Waals surface area (Å²) in [6.45, 7) is 6.92. The molecule has 0 unspecified atom stereocenters. The molecule has 1 heterocycles. The van der Waals surface area contributed by atoms with Crippen molar-refractivity contribution in [3.63, 3.8) is 0 Å². The highest BCUT2D eigenvalue weighted by Crippen LogP contribution is 2.33. The summed E-state index contributed by atoms with van der Waals surface area (Å²) in [4.78, 5) is 0. The van der Waals surface area contributed by atoms with Crippen molar-refractivity contribution in [2.24, 2.45) is 0 Å². The maximum atomic E-state index is 2.52. The first-order valence-electron chi connectivity index (χ1n) is 23.1. The molecule has 10 aromatic carbocycles. The molecule has 0 fully saturated rings. The highest BCUT2D eigenvalue weighted by molar-refractivity contribution is 7.20. The van der Waals surface area contributed by atoms with Gasteiger partial charge in [-0.2, -0.15) is 0 Å². The summed E-state index contributed by atoms with van der Waals surface area (Å²) >= 11 is 0. The number of nitrogens with zero attached hydrogens (tertiary/aromatic N) is 1. The minimum Gasteiger partial charge on any atom is -0.309 e. The molecule has 1 aromatic heterocycles. The van der Waals surface area contributed by atoms with E-state index in [1.807, 2.05) is 0 Å². The quantitative estimate of drug-likeness (QED) is 0.0953. The van der Waals surface area contributed by atoms with Gasteiger partial charge in [-0.25, -0.2) is 0 Å². The molecule has 0 amide bonds. The van der Waals surface area contributed by atoms with E-state index >= 15 is 0 Å². The van der Waals surface area contributed by atoms with Crippen molar-refractivity contribution in [3.8, 4) is 16.8 Å². The molecule has 0 bridgehead atoms. The highest BCUT2D eigenvalue weighted by Gasteiger charge is 2.43. The lowest BCUT2D eigenvalue weighted by molar-refractivity contribution is 1.15. The van der Waals surface area contributed by atoms with E-state index in [-0.39, 0.29) is 0 Å². The predicted octanol–water partition coefficient (Wildman–Crippen LogP) is 10.1. The minimum atomic E-state index is -2.87. The van der Waals surface area contributed by atoms with E-state index in [1.54, 1.807) is 0 Å². The number of hydrogen-bond donors (Lipinski definition) is 0. The zero-order valence-corrected chi connectivity index (χ0v) is 39.7. The summed E-state index contributed by atoms with van der Waals surface area (Å²) < 4.78 is 2.46. The third-order valence-corrected chi connectivity index (χ3v) is 23.6. The first-order chi connectivity index (χ1) is 32.5. The van der Waals surface area contributed by atoms with E-state index in [2.05, 4.69) is 280 Å². The van der Waals surface area contributed by atoms with E-state index < -0.39 is 16.1 Å². The third-order valence-electron chi connectivity index (χ3n) is 14.1. The Morgan fingerprint density at radius 3 is 0.879 bits per heavy atom. The molecule has 11 rings (SSSR count).